The van der Waals surface area contributed by atoms with Crippen LogP contribution >= 0.6 is 0 Å². The molecule has 1 aromatic heterocycles. The van der Waals surface area contributed by atoms with Gasteiger partial charge in [0.1, 0.15) is 17.5 Å². The molecule has 0 unspecified atom stereocenters. The van der Waals surface area contributed by atoms with Crippen molar-refractivity contribution < 1.29 is 19.1 Å². The number of carbonyl (C=O) groups excluding carboxylic acids is 2. The lowest BCUT2D eigenvalue weighted by Crippen LogP contribution is -2.48. The number of methoxy groups -OCH3 is 1. The molecule has 2 N–H and O–H groups in total. The van der Waals surface area contributed by atoms with Gasteiger partial charge in [0.15, 0.2) is 0 Å². The molecule has 0 radical (unpaired) electrons. The molecule has 7 nitrogen and oxygen atoms in total. The lowest BCUT2D eigenvalue weighted by molar-refractivity contribution is -0.127. The fourth-order valence-electron chi connectivity index (χ4n) is 5.38. The van der Waals surface area contributed by atoms with Gasteiger partial charge in [0.25, 0.3) is 5.91 Å². The molecule has 0 bridgehead atoms. The number of nitrogens with zero attached hydrogens (tertiary/aromatic N) is 1. The number of amides is 2. The van der Waals surface area contributed by atoms with Crippen molar-refractivity contribution in [2.75, 3.05) is 20.3 Å². The third kappa shape index (κ3) is 5.88. The van der Waals surface area contributed by atoms with E-state index in [9.17, 15) is 9.59 Å². The molecule has 7 heteroatoms. The molecule has 2 aromatic carbocycles. The van der Waals surface area contributed by atoms with Gasteiger partial charge in [-0.2, -0.15) is 0 Å². The van der Waals surface area contributed by atoms with Crippen molar-refractivity contribution in [3.05, 3.63) is 78.0 Å². The topological polar surface area (TPSA) is 83.7 Å². The van der Waals surface area contributed by atoms with Crippen molar-refractivity contribution in [2.45, 2.75) is 56.7 Å². The van der Waals surface area contributed by atoms with Gasteiger partial charge in [-0.1, -0.05) is 55.3 Å². The SMILES string of the molecule is COc1ccc([C@@H](C(=O)NC2CCCC2)N(C[C@H]2CCCO2)C(=O)c2ccc(-c3ccccc3)[nH]2)cc1. The van der Waals surface area contributed by atoms with E-state index in [1.807, 2.05) is 60.7 Å². The summed E-state index contributed by atoms with van der Waals surface area (Å²) < 4.78 is 11.3. The van der Waals surface area contributed by atoms with Gasteiger partial charge in [-0.15, -0.1) is 0 Å². The van der Waals surface area contributed by atoms with Gasteiger partial charge in [0.05, 0.1) is 13.2 Å². The highest BCUT2D eigenvalue weighted by Gasteiger charge is 2.36. The standard InChI is InChI=1S/C30H35N3O4/c1-36-24-15-13-22(14-16-24)28(29(34)31-23-10-5-6-11-23)33(20-25-12-7-19-37-25)30(35)27-18-17-26(32-27)21-8-3-2-4-9-21/h2-4,8-9,13-18,23,25,28,32H,5-7,10-12,19-20H2,1H3,(H,31,34)/t25-,28+/m1/s1. The third-order valence-electron chi connectivity index (χ3n) is 7.38. The zero-order valence-corrected chi connectivity index (χ0v) is 21.3. The van der Waals surface area contributed by atoms with Crippen LogP contribution in [0.2, 0.25) is 0 Å². The molecule has 1 aliphatic heterocycles. The first-order valence-electron chi connectivity index (χ1n) is 13.2. The summed E-state index contributed by atoms with van der Waals surface area (Å²) in [4.78, 5) is 32.9. The van der Waals surface area contributed by atoms with Crippen molar-refractivity contribution >= 4 is 11.8 Å². The van der Waals surface area contributed by atoms with E-state index < -0.39 is 6.04 Å². The van der Waals surface area contributed by atoms with Crippen LogP contribution in [0.5, 0.6) is 5.75 Å². The van der Waals surface area contributed by atoms with Gasteiger partial charge in [0, 0.05) is 24.9 Å². The van der Waals surface area contributed by atoms with Gasteiger partial charge in [-0.3, -0.25) is 9.59 Å². The molecule has 194 valence electrons. The Morgan fingerprint density at radius 2 is 1.76 bits per heavy atom. The summed E-state index contributed by atoms with van der Waals surface area (Å²) in [7, 11) is 1.61. The largest absolute Gasteiger partial charge is 0.497 e. The molecule has 2 heterocycles. The van der Waals surface area contributed by atoms with Gasteiger partial charge in [-0.05, 0) is 61.1 Å². The summed E-state index contributed by atoms with van der Waals surface area (Å²) in [5.74, 6) is 0.325. The van der Waals surface area contributed by atoms with Crippen LogP contribution in [0.15, 0.2) is 66.7 Å². The number of benzene rings is 2. The fraction of sp³-hybridized carbons (Fsp3) is 0.400. The van der Waals surface area contributed by atoms with Crippen LogP contribution in [-0.2, 0) is 9.53 Å². The van der Waals surface area contributed by atoms with E-state index in [2.05, 4.69) is 10.3 Å². The number of H-pyrrole nitrogens is 1. The highest BCUT2D eigenvalue weighted by molar-refractivity contribution is 5.97. The predicted molar refractivity (Wildman–Crippen MR) is 142 cm³/mol. The zero-order valence-electron chi connectivity index (χ0n) is 21.3. The van der Waals surface area contributed by atoms with Crippen molar-refractivity contribution in [3.8, 4) is 17.0 Å². The number of hydrogen-bond donors (Lipinski definition) is 2. The van der Waals surface area contributed by atoms with Crippen molar-refractivity contribution in [1.82, 2.24) is 15.2 Å². The van der Waals surface area contributed by atoms with E-state index in [1.165, 1.54) is 0 Å². The number of carbonyl (C=O) groups is 2. The summed E-state index contributed by atoms with van der Waals surface area (Å²) in [5.41, 5.74) is 3.05. The molecule has 2 atom stereocenters. The molecule has 1 aliphatic carbocycles. The summed E-state index contributed by atoms with van der Waals surface area (Å²) in [6.45, 7) is 1.02. The van der Waals surface area contributed by atoms with Gasteiger partial charge >= 0.3 is 0 Å². The molecule has 1 saturated carbocycles. The molecule has 2 amide bonds. The van der Waals surface area contributed by atoms with Gasteiger partial charge in [0.2, 0.25) is 5.91 Å². The Balaban J connectivity index is 1.49. The first-order chi connectivity index (χ1) is 18.1. The molecule has 5 rings (SSSR count). The van der Waals surface area contributed by atoms with E-state index in [1.54, 1.807) is 18.1 Å². The van der Waals surface area contributed by atoms with E-state index in [0.717, 1.165) is 55.3 Å². The average Bonchev–Trinajstić information content (AvgIpc) is 3.72. The first-order valence-corrected chi connectivity index (χ1v) is 13.2. The summed E-state index contributed by atoms with van der Waals surface area (Å²) in [6, 6.07) is 20.4. The van der Waals surface area contributed by atoms with Crippen LogP contribution in [0.4, 0.5) is 0 Å². The van der Waals surface area contributed by atoms with Crippen LogP contribution < -0.4 is 10.1 Å². The Morgan fingerprint density at radius 3 is 2.43 bits per heavy atom. The molecule has 3 aromatic rings. The minimum absolute atomic E-state index is 0.104. The zero-order chi connectivity index (χ0) is 25.6. The quantitative estimate of drug-likeness (QED) is 0.427. The summed E-state index contributed by atoms with van der Waals surface area (Å²) in [6.07, 6.45) is 5.88. The van der Waals surface area contributed by atoms with Crippen LogP contribution in [0.3, 0.4) is 0 Å². The van der Waals surface area contributed by atoms with Crippen LogP contribution in [0.1, 0.15) is 60.6 Å². The van der Waals surface area contributed by atoms with E-state index in [-0.39, 0.29) is 24.0 Å². The van der Waals surface area contributed by atoms with Crippen molar-refractivity contribution in [1.29, 1.82) is 0 Å². The number of aromatic nitrogens is 1. The number of hydrogen-bond acceptors (Lipinski definition) is 4. The minimum Gasteiger partial charge on any atom is -0.497 e. The van der Waals surface area contributed by atoms with Crippen LogP contribution in [0.25, 0.3) is 11.3 Å². The maximum absolute atomic E-state index is 14.1. The lowest BCUT2D eigenvalue weighted by Gasteiger charge is -2.33. The number of rotatable bonds is 9. The second-order valence-corrected chi connectivity index (χ2v) is 9.91. The molecule has 0 spiro atoms. The molecule has 37 heavy (non-hydrogen) atoms. The average molecular weight is 502 g/mol. The van der Waals surface area contributed by atoms with Crippen molar-refractivity contribution in [3.63, 3.8) is 0 Å². The van der Waals surface area contributed by atoms with Gasteiger partial charge in [-0.25, -0.2) is 0 Å². The highest BCUT2D eigenvalue weighted by atomic mass is 16.5. The minimum atomic E-state index is -0.785. The molecule has 1 saturated heterocycles. The maximum atomic E-state index is 14.1. The van der Waals surface area contributed by atoms with Crippen molar-refractivity contribution in [2.24, 2.45) is 0 Å². The number of nitrogens with one attached hydrogen (secondary N) is 2. The molecular formula is C30H35N3O4. The van der Waals surface area contributed by atoms with Crippen LogP contribution in [0, 0.1) is 0 Å². The Bertz CT molecular complexity index is 1180. The van der Waals surface area contributed by atoms with Gasteiger partial charge < -0.3 is 24.7 Å². The Labute approximate surface area is 218 Å². The monoisotopic (exact) mass is 501 g/mol. The summed E-state index contributed by atoms with van der Waals surface area (Å²) >= 11 is 0. The van der Waals surface area contributed by atoms with E-state index in [4.69, 9.17) is 9.47 Å². The Morgan fingerprint density at radius 1 is 1.00 bits per heavy atom. The smallest absolute Gasteiger partial charge is 0.271 e. The maximum Gasteiger partial charge on any atom is 0.271 e. The lowest BCUT2D eigenvalue weighted by atomic mass is 10.0. The Hall–Kier alpha value is -3.58. The highest BCUT2D eigenvalue weighted by Crippen LogP contribution is 2.29. The fourth-order valence-corrected chi connectivity index (χ4v) is 5.38. The van der Waals surface area contributed by atoms with E-state index >= 15 is 0 Å². The number of aromatic amines is 1. The second kappa shape index (κ2) is 11.6. The Kier molecular flexibility index (Phi) is 7.90. The van der Waals surface area contributed by atoms with Crippen LogP contribution in [-0.4, -0.2) is 54.1 Å². The third-order valence-corrected chi connectivity index (χ3v) is 7.38. The number of ether oxygens (including phenoxy) is 2. The molecular weight excluding hydrogens is 466 g/mol. The first kappa shape index (κ1) is 25.1. The normalized spacial score (nSPS) is 18.5. The second-order valence-electron chi connectivity index (χ2n) is 9.91. The molecule has 2 aliphatic rings. The molecule has 2 fully saturated rings. The summed E-state index contributed by atoms with van der Waals surface area (Å²) in [5, 5.41) is 3.23. The predicted octanol–water partition coefficient (Wildman–Crippen LogP) is 5.11. The van der Waals surface area contributed by atoms with E-state index in [0.29, 0.717) is 24.6 Å².